The zero-order valence-corrected chi connectivity index (χ0v) is 8.31. The van der Waals surface area contributed by atoms with E-state index in [1.54, 1.807) is 0 Å². The van der Waals surface area contributed by atoms with Crippen LogP contribution < -0.4 is 11.1 Å². The zero-order valence-electron chi connectivity index (χ0n) is 8.31. The van der Waals surface area contributed by atoms with Crippen LogP contribution in [-0.4, -0.2) is 54.5 Å². The fourth-order valence-corrected chi connectivity index (χ4v) is 0.871. The highest BCUT2D eigenvalue weighted by atomic mass is 16.5. The predicted octanol–water partition coefficient (Wildman–Crippen LogP) is -2.09. The lowest BCUT2D eigenvalue weighted by Crippen LogP contribution is -2.43. The van der Waals surface area contributed by atoms with E-state index in [1.807, 2.05) is 0 Å². The molecule has 88 valence electrons. The van der Waals surface area contributed by atoms with Gasteiger partial charge in [-0.3, -0.25) is 4.79 Å². The van der Waals surface area contributed by atoms with E-state index < -0.39 is 17.9 Å². The number of amides is 1. The molecule has 0 aliphatic carbocycles. The van der Waals surface area contributed by atoms with Crippen LogP contribution in [0.5, 0.6) is 0 Å². The molecule has 15 heavy (non-hydrogen) atoms. The van der Waals surface area contributed by atoms with Crippen LogP contribution in [0.25, 0.3) is 0 Å². The number of nitrogens with one attached hydrogen (secondary N) is 1. The summed E-state index contributed by atoms with van der Waals surface area (Å²) < 4.78 is 4.81. The number of carboxylic acid groups (broad SMARTS) is 1. The average Bonchev–Trinajstić information content (AvgIpc) is 2.17. The molecule has 1 amide bonds. The highest BCUT2D eigenvalue weighted by Crippen LogP contribution is 1.91. The number of rotatable bonds is 8. The molecule has 0 aromatic carbocycles. The number of hydrogen-bond donors (Lipinski definition) is 4. The van der Waals surface area contributed by atoms with Gasteiger partial charge in [0.1, 0.15) is 12.6 Å². The molecule has 0 aromatic rings. The Morgan fingerprint density at radius 3 is 2.60 bits per heavy atom. The van der Waals surface area contributed by atoms with Gasteiger partial charge in [0.15, 0.2) is 0 Å². The predicted molar refractivity (Wildman–Crippen MR) is 51.1 cm³/mol. The van der Waals surface area contributed by atoms with Crippen molar-refractivity contribution < 1.29 is 24.5 Å². The summed E-state index contributed by atoms with van der Waals surface area (Å²) in [6.45, 7) is 0.00471. The average molecular weight is 220 g/mol. The molecule has 0 aromatic heterocycles. The summed E-state index contributed by atoms with van der Waals surface area (Å²) in [4.78, 5) is 21.7. The van der Waals surface area contributed by atoms with Crippen molar-refractivity contribution in [2.75, 3.05) is 26.4 Å². The molecular weight excluding hydrogens is 204 g/mol. The Balaban J connectivity index is 3.84. The summed E-state index contributed by atoms with van der Waals surface area (Å²) >= 11 is 0. The van der Waals surface area contributed by atoms with Crippen LogP contribution in [0, 0.1) is 0 Å². The first kappa shape index (κ1) is 13.8. The van der Waals surface area contributed by atoms with Crippen LogP contribution in [0.1, 0.15) is 6.42 Å². The quantitative estimate of drug-likeness (QED) is 0.348. The van der Waals surface area contributed by atoms with Crippen molar-refractivity contribution in [2.45, 2.75) is 12.5 Å². The number of ether oxygens (including phenoxy) is 1. The Hall–Kier alpha value is -1.18. The molecule has 0 saturated heterocycles. The fraction of sp³-hybridized carbons (Fsp3) is 0.750. The molecule has 0 rings (SSSR count). The van der Waals surface area contributed by atoms with Gasteiger partial charge in [0, 0.05) is 19.6 Å². The second-order valence-corrected chi connectivity index (χ2v) is 2.81. The summed E-state index contributed by atoms with van der Waals surface area (Å²) in [6.07, 6.45) is -0.0298. The Morgan fingerprint density at radius 2 is 2.13 bits per heavy atom. The van der Waals surface area contributed by atoms with Crippen LogP contribution in [0.4, 0.5) is 0 Å². The minimum absolute atomic E-state index is 0.0298. The largest absolute Gasteiger partial charge is 0.480 e. The molecule has 1 unspecified atom stereocenters. The van der Waals surface area contributed by atoms with E-state index in [9.17, 15) is 9.59 Å². The summed E-state index contributed by atoms with van der Waals surface area (Å²) in [5, 5.41) is 19.4. The second kappa shape index (κ2) is 8.16. The van der Waals surface area contributed by atoms with Gasteiger partial charge in [-0.15, -0.1) is 0 Å². The summed E-state index contributed by atoms with van der Waals surface area (Å²) in [7, 11) is 0. The molecule has 7 nitrogen and oxygen atoms in total. The van der Waals surface area contributed by atoms with Gasteiger partial charge in [-0.2, -0.15) is 0 Å². The van der Waals surface area contributed by atoms with Crippen molar-refractivity contribution in [3.63, 3.8) is 0 Å². The van der Waals surface area contributed by atoms with Crippen molar-refractivity contribution in [2.24, 2.45) is 5.73 Å². The van der Waals surface area contributed by atoms with Gasteiger partial charge >= 0.3 is 5.97 Å². The fourth-order valence-electron chi connectivity index (χ4n) is 0.871. The topological polar surface area (TPSA) is 122 Å². The van der Waals surface area contributed by atoms with E-state index in [0.717, 1.165) is 0 Å². The zero-order chi connectivity index (χ0) is 11.7. The van der Waals surface area contributed by atoms with Gasteiger partial charge in [0.2, 0.25) is 5.91 Å². The van der Waals surface area contributed by atoms with Crippen LogP contribution in [0.3, 0.4) is 0 Å². The molecule has 0 aliphatic rings. The van der Waals surface area contributed by atoms with Crippen molar-refractivity contribution in [3.8, 4) is 0 Å². The molecule has 0 radical (unpaired) electrons. The molecule has 0 bridgehead atoms. The molecule has 0 spiro atoms. The third-order valence-electron chi connectivity index (χ3n) is 1.55. The third-order valence-corrected chi connectivity index (χ3v) is 1.55. The number of carbonyl (C=O) groups excluding carboxylic acids is 1. The number of aliphatic carboxylic acids is 1. The van der Waals surface area contributed by atoms with Crippen LogP contribution in [0.2, 0.25) is 0 Å². The molecule has 1 atom stereocenters. The molecule has 0 heterocycles. The Bertz CT molecular complexity index is 209. The minimum Gasteiger partial charge on any atom is -0.480 e. The smallest absolute Gasteiger partial charge is 0.326 e. The van der Waals surface area contributed by atoms with Crippen molar-refractivity contribution in [3.05, 3.63) is 0 Å². The Morgan fingerprint density at radius 1 is 1.47 bits per heavy atom. The minimum atomic E-state index is -1.18. The van der Waals surface area contributed by atoms with Gasteiger partial charge in [-0.1, -0.05) is 0 Å². The lowest BCUT2D eigenvalue weighted by Gasteiger charge is -2.12. The maximum absolute atomic E-state index is 11.1. The second-order valence-electron chi connectivity index (χ2n) is 2.81. The number of carbonyl (C=O) groups is 2. The molecular formula is C8H16N2O5. The maximum Gasteiger partial charge on any atom is 0.326 e. The standard InChI is InChI=1S/C8H16N2O5/c9-2-4-15-5-7(12)10-6(1-3-11)8(13)14/h6,11H,1-5,9H2,(H,10,12)(H,13,14). The summed E-state index contributed by atoms with van der Waals surface area (Å²) in [6, 6.07) is -1.08. The maximum atomic E-state index is 11.1. The van der Waals surface area contributed by atoms with Gasteiger partial charge in [0.25, 0.3) is 0 Å². The number of hydrogen-bond acceptors (Lipinski definition) is 5. The third kappa shape index (κ3) is 6.83. The number of aliphatic hydroxyl groups is 1. The van der Waals surface area contributed by atoms with Crippen molar-refractivity contribution in [1.82, 2.24) is 5.32 Å². The Labute approximate surface area is 87.2 Å². The molecule has 0 saturated carbocycles. The van der Waals surface area contributed by atoms with Gasteiger partial charge in [-0.25, -0.2) is 4.79 Å². The highest BCUT2D eigenvalue weighted by molar-refractivity contribution is 5.84. The lowest BCUT2D eigenvalue weighted by molar-refractivity contribution is -0.143. The molecule has 0 fully saturated rings. The number of nitrogens with two attached hydrogens (primary N) is 1. The first-order valence-electron chi connectivity index (χ1n) is 4.52. The SMILES string of the molecule is NCCOCC(=O)NC(CCO)C(=O)O. The van der Waals surface area contributed by atoms with E-state index >= 15 is 0 Å². The van der Waals surface area contributed by atoms with E-state index in [0.29, 0.717) is 6.54 Å². The number of aliphatic hydroxyl groups excluding tert-OH is 1. The van der Waals surface area contributed by atoms with E-state index in [1.165, 1.54) is 0 Å². The molecule has 0 aliphatic heterocycles. The summed E-state index contributed by atoms with van der Waals surface area (Å²) in [5.41, 5.74) is 5.13. The van der Waals surface area contributed by atoms with Crippen LogP contribution in [0.15, 0.2) is 0 Å². The first-order valence-corrected chi connectivity index (χ1v) is 4.52. The monoisotopic (exact) mass is 220 g/mol. The van der Waals surface area contributed by atoms with Crippen molar-refractivity contribution >= 4 is 11.9 Å². The van der Waals surface area contributed by atoms with E-state index in [4.69, 9.17) is 20.7 Å². The van der Waals surface area contributed by atoms with E-state index in [2.05, 4.69) is 5.32 Å². The summed E-state index contributed by atoms with van der Waals surface area (Å²) in [5.74, 6) is -1.72. The van der Waals surface area contributed by atoms with Gasteiger partial charge in [-0.05, 0) is 0 Å². The number of carboxylic acids is 1. The van der Waals surface area contributed by atoms with Crippen molar-refractivity contribution in [1.29, 1.82) is 0 Å². The van der Waals surface area contributed by atoms with E-state index in [-0.39, 0.29) is 26.2 Å². The highest BCUT2D eigenvalue weighted by Gasteiger charge is 2.18. The Kier molecular flexibility index (Phi) is 7.51. The van der Waals surface area contributed by atoms with Gasteiger partial charge < -0.3 is 26.0 Å². The van der Waals surface area contributed by atoms with Crippen LogP contribution >= 0.6 is 0 Å². The molecule has 5 N–H and O–H groups in total. The lowest BCUT2D eigenvalue weighted by atomic mass is 10.2. The molecule has 7 heteroatoms. The normalized spacial score (nSPS) is 12.1. The van der Waals surface area contributed by atoms with Crippen LogP contribution in [-0.2, 0) is 14.3 Å². The first-order chi connectivity index (χ1) is 7.11. The van der Waals surface area contributed by atoms with Gasteiger partial charge in [0.05, 0.1) is 6.61 Å².